The van der Waals surface area contributed by atoms with E-state index in [0.29, 0.717) is 5.92 Å². The molecule has 2 nitrogen and oxygen atoms in total. The summed E-state index contributed by atoms with van der Waals surface area (Å²) in [5, 5.41) is 0. The Bertz CT molecular complexity index is 299. The van der Waals surface area contributed by atoms with E-state index in [1.54, 1.807) is 7.11 Å². The third kappa shape index (κ3) is 3.60. The van der Waals surface area contributed by atoms with E-state index in [9.17, 15) is 0 Å². The second kappa shape index (κ2) is 7.39. The van der Waals surface area contributed by atoms with Crippen molar-refractivity contribution in [2.75, 3.05) is 13.7 Å². The fourth-order valence-corrected chi connectivity index (χ4v) is 2.07. The predicted octanol–water partition coefficient (Wildman–Crippen LogP) is 3.56. The number of aryl methyl sites for hydroxylation is 1. The molecule has 1 unspecified atom stereocenters. The molecule has 0 fully saturated rings. The summed E-state index contributed by atoms with van der Waals surface area (Å²) in [4.78, 5) is 4.44. The maximum absolute atomic E-state index is 5.20. The Morgan fingerprint density at radius 2 is 2.19 bits per heavy atom. The molecule has 90 valence electrons. The van der Waals surface area contributed by atoms with Gasteiger partial charge in [0.1, 0.15) is 0 Å². The molecule has 0 bridgehead atoms. The number of methoxy groups -OCH3 is 1. The Labute approximate surface area is 99.0 Å². The molecule has 1 aliphatic carbocycles. The van der Waals surface area contributed by atoms with Crippen molar-refractivity contribution < 1.29 is 4.74 Å². The first kappa shape index (κ1) is 13.2. The molecule has 16 heavy (non-hydrogen) atoms. The van der Waals surface area contributed by atoms with E-state index in [1.165, 1.54) is 36.9 Å². The fourth-order valence-electron chi connectivity index (χ4n) is 2.07. The van der Waals surface area contributed by atoms with Gasteiger partial charge < -0.3 is 4.74 Å². The number of ether oxygens (including phenoxy) is 1. The summed E-state index contributed by atoms with van der Waals surface area (Å²) in [6, 6.07) is 4.21. The van der Waals surface area contributed by atoms with Gasteiger partial charge in [-0.05, 0) is 30.9 Å². The first-order chi connectivity index (χ1) is 7.83. The lowest BCUT2D eigenvalue weighted by Crippen LogP contribution is -2.15. The predicted molar refractivity (Wildman–Crippen MR) is 67.8 cm³/mol. The molecule has 1 aliphatic rings. The van der Waals surface area contributed by atoms with Crippen LogP contribution >= 0.6 is 0 Å². The molecule has 0 spiro atoms. The van der Waals surface area contributed by atoms with Gasteiger partial charge in [-0.25, -0.2) is 0 Å². The van der Waals surface area contributed by atoms with Crippen molar-refractivity contribution in [3.8, 4) is 0 Å². The topological polar surface area (TPSA) is 22.1 Å². The molecule has 0 amide bonds. The number of pyridine rings is 1. The zero-order valence-corrected chi connectivity index (χ0v) is 10.7. The van der Waals surface area contributed by atoms with E-state index in [-0.39, 0.29) is 0 Å². The van der Waals surface area contributed by atoms with Crippen LogP contribution in [0.5, 0.6) is 0 Å². The summed E-state index contributed by atoms with van der Waals surface area (Å²) < 4.78 is 5.20. The summed E-state index contributed by atoms with van der Waals surface area (Å²) in [7, 11) is 1.76. The molecule has 0 N–H and O–H groups in total. The van der Waals surface area contributed by atoms with Crippen molar-refractivity contribution >= 4 is 0 Å². The van der Waals surface area contributed by atoms with Gasteiger partial charge in [-0.1, -0.05) is 26.3 Å². The number of nitrogens with zero attached hydrogens (tertiary/aromatic N) is 1. The normalized spacial score (nSPS) is 18.3. The zero-order chi connectivity index (χ0) is 11.8. The van der Waals surface area contributed by atoms with E-state index in [1.807, 2.05) is 12.3 Å². The SMILES string of the molecule is CCC.COCC1CCCc2cccnc21. The monoisotopic (exact) mass is 221 g/mol. The number of fused-ring (bicyclic) bond motifs is 1. The van der Waals surface area contributed by atoms with Crippen LogP contribution in [-0.2, 0) is 11.2 Å². The molecule has 0 aliphatic heterocycles. The van der Waals surface area contributed by atoms with E-state index in [4.69, 9.17) is 4.74 Å². The lowest BCUT2D eigenvalue weighted by Gasteiger charge is -2.23. The molecular formula is C14H23NO. The number of aromatic nitrogens is 1. The standard InChI is InChI=1S/C11H15NO.C3H8/c1-13-8-10-5-2-4-9-6-3-7-12-11(9)10;1-3-2/h3,6-7,10H,2,4-5,8H2,1H3;3H2,1-2H3. The van der Waals surface area contributed by atoms with Crippen molar-refractivity contribution in [1.82, 2.24) is 4.98 Å². The average molecular weight is 221 g/mol. The van der Waals surface area contributed by atoms with Crippen LogP contribution in [0.25, 0.3) is 0 Å². The second-order valence-corrected chi connectivity index (χ2v) is 4.30. The summed E-state index contributed by atoms with van der Waals surface area (Å²) in [5.74, 6) is 0.523. The third-order valence-corrected chi connectivity index (χ3v) is 2.68. The van der Waals surface area contributed by atoms with Crippen molar-refractivity contribution in [2.24, 2.45) is 0 Å². The summed E-state index contributed by atoms with van der Waals surface area (Å²) in [6.07, 6.45) is 6.81. The first-order valence-corrected chi connectivity index (χ1v) is 6.26. The van der Waals surface area contributed by atoms with Gasteiger partial charge in [0.15, 0.2) is 0 Å². The van der Waals surface area contributed by atoms with E-state index in [2.05, 4.69) is 24.9 Å². The van der Waals surface area contributed by atoms with Crippen molar-refractivity contribution in [3.63, 3.8) is 0 Å². The molecule has 0 radical (unpaired) electrons. The lowest BCUT2D eigenvalue weighted by atomic mass is 9.87. The van der Waals surface area contributed by atoms with Gasteiger partial charge in [-0.15, -0.1) is 0 Å². The quantitative estimate of drug-likeness (QED) is 0.761. The minimum atomic E-state index is 0.523. The van der Waals surface area contributed by atoms with Gasteiger partial charge in [-0.2, -0.15) is 0 Å². The average Bonchev–Trinajstić information content (AvgIpc) is 2.31. The van der Waals surface area contributed by atoms with Gasteiger partial charge in [-0.3, -0.25) is 4.98 Å². The van der Waals surface area contributed by atoms with E-state index < -0.39 is 0 Å². The van der Waals surface area contributed by atoms with Gasteiger partial charge in [0, 0.05) is 24.9 Å². The zero-order valence-electron chi connectivity index (χ0n) is 10.7. The van der Waals surface area contributed by atoms with Crippen LogP contribution in [0.4, 0.5) is 0 Å². The highest BCUT2D eigenvalue weighted by atomic mass is 16.5. The third-order valence-electron chi connectivity index (χ3n) is 2.68. The first-order valence-electron chi connectivity index (χ1n) is 6.26. The Balaban J connectivity index is 0.000000386. The summed E-state index contributed by atoms with van der Waals surface area (Å²) in [5.41, 5.74) is 2.67. The van der Waals surface area contributed by atoms with Crippen molar-refractivity contribution in [1.29, 1.82) is 0 Å². The maximum atomic E-state index is 5.20. The van der Waals surface area contributed by atoms with Crippen LogP contribution in [0.2, 0.25) is 0 Å². The fraction of sp³-hybridized carbons (Fsp3) is 0.643. The molecular weight excluding hydrogens is 198 g/mol. The molecule has 0 aromatic carbocycles. The minimum Gasteiger partial charge on any atom is -0.384 e. The van der Waals surface area contributed by atoms with Crippen molar-refractivity contribution in [2.45, 2.75) is 45.4 Å². The van der Waals surface area contributed by atoms with Crippen LogP contribution in [0.3, 0.4) is 0 Å². The smallest absolute Gasteiger partial charge is 0.0546 e. The maximum Gasteiger partial charge on any atom is 0.0546 e. The number of rotatable bonds is 2. The molecule has 2 rings (SSSR count). The molecule has 1 heterocycles. The van der Waals surface area contributed by atoms with E-state index in [0.717, 1.165) is 6.61 Å². The van der Waals surface area contributed by atoms with Gasteiger partial charge >= 0.3 is 0 Å². The highest BCUT2D eigenvalue weighted by molar-refractivity contribution is 5.25. The molecule has 1 aromatic heterocycles. The molecule has 2 heteroatoms. The molecule has 0 saturated heterocycles. The Morgan fingerprint density at radius 3 is 2.88 bits per heavy atom. The molecule has 1 atom stereocenters. The van der Waals surface area contributed by atoms with Crippen LogP contribution in [-0.4, -0.2) is 18.7 Å². The highest BCUT2D eigenvalue weighted by Crippen LogP contribution is 2.29. The Kier molecular flexibility index (Phi) is 6.09. The van der Waals surface area contributed by atoms with Gasteiger partial charge in [0.05, 0.1) is 6.61 Å². The second-order valence-electron chi connectivity index (χ2n) is 4.30. The lowest BCUT2D eigenvalue weighted by molar-refractivity contribution is 0.171. The summed E-state index contributed by atoms with van der Waals surface area (Å²) >= 11 is 0. The van der Waals surface area contributed by atoms with Crippen LogP contribution in [0.1, 0.15) is 50.3 Å². The number of hydrogen-bond donors (Lipinski definition) is 0. The largest absolute Gasteiger partial charge is 0.384 e. The van der Waals surface area contributed by atoms with Crippen LogP contribution < -0.4 is 0 Å². The van der Waals surface area contributed by atoms with Crippen LogP contribution in [0, 0.1) is 0 Å². The highest BCUT2D eigenvalue weighted by Gasteiger charge is 2.20. The molecule has 0 saturated carbocycles. The van der Waals surface area contributed by atoms with Crippen molar-refractivity contribution in [3.05, 3.63) is 29.6 Å². The Morgan fingerprint density at radius 1 is 1.44 bits per heavy atom. The Hall–Kier alpha value is -0.890. The van der Waals surface area contributed by atoms with Gasteiger partial charge in [0.2, 0.25) is 0 Å². The van der Waals surface area contributed by atoms with E-state index >= 15 is 0 Å². The minimum absolute atomic E-state index is 0.523. The number of hydrogen-bond acceptors (Lipinski definition) is 2. The summed E-state index contributed by atoms with van der Waals surface area (Å²) in [6.45, 7) is 5.06. The van der Waals surface area contributed by atoms with Gasteiger partial charge in [0.25, 0.3) is 0 Å². The van der Waals surface area contributed by atoms with Crippen LogP contribution in [0.15, 0.2) is 18.3 Å². The molecule has 1 aromatic rings.